The first-order chi connectivity index (χ1) is 14.3. The minimum atomic E-state index is -1.33. The number of imide groups is 1. The molecular weight excluding hydrogens is 390 g/mol. The number of carbonyl (C=O) groups excluding carboxylic acids is 3. The molecule has 0 radical (unpaired) electrons. The van der Waals surface area contributed by atoms with Crippen LogP contribution in [0.4, 0.5) is 4.79 Å². The van der Waals surface area contributed by atoms with Crippen LogP contribution in [-0.4, -0.2) is 68.6 Å². The quantitative estimate of drug-likeness (QED) is 0.404. The molecule has 4 amide bonds. The van der Waals surface area contributed by atoms with Crippen LogP contribution in [0.15, 0.2) is 24.3 Å². The molecule has 1 aromatic rings. The van der Waals surface area contributed by atoms with Gasteiger partial charge in [0.05, 0.1) is 6.10 Å². The lowest BCUT2D eigenvalue weighted by molar-refractivity contribution is -0.144. The van der Waals surface area contributed by atoms with Crippen molar-refractivity contribution in [1.82, 2.24) is 15.1 Å². The lowest BCUT2D eigenvalue weighted by Gasteiger charge is -2.28. The van der Waals surface area contributed by atoms with Crippen LogP contribution in [0.2, 0.25) is 0 Å². The largest absolute Gasteiger partial charge is 0.480 e. The van der Waals surface area contributed by atoms with Crippen LogP contribution in [0.1, 0.15) is 43.7 Å². The molecule has 3 rings (SSSR count). The molecular formula is C21H27N3O6. The number of urea groups is 1. The molecule has 2 aliphatic rings. The van der Waals surface area contributed by atoms with Gasteiger partial charge in [-0.1, -0.05) is 30.7 Å². The molecule has 3 N–H and O–H groups in total. The molecule has 30 heavy (non-hydrogen) atoms. The first-order valence-electron chi connectivity index (χ1n) is 10.2. The van der Waals surface area contributed by atoms with Gasteiger partial charge in [0.2, 0.25) is 5.91 Å². The van der Waals surface area contributed by atoms with Crippen LogP contribution in [0.3, 0.4) is 0 Å². The van der Waals surface area contributed by atoms with E-state index in [4.69, 9.17) is 5.11 Å². The minimum absolute atomic E-state index is 0.114. The van der Waals surface area contributed by atoms with E-state index >= 15 is 0 Å². The number of hydrogen-bond donors (Lipinski definition) is 3. The van der Waals surface area contributed by atoms with Crippen molar-refractivity contribution in [2.45, 2.75) is 63.8 Å². The summed E-state index contributed by atoms with van der Waals surface area (Å²) in [4.78, 5) is 51.1. The van der Waals surface area contributed by atoms with Gasteiger partial charge < -0.3 is 20.4 Å². The molecule has 3 atom stereocenters. The van der Waals surface area contributed by atoms with Crippen molar-refractivity contribution in [3.05, 3.63) is 35.4 Å². The third-order valence-electron chi connectivity index (χ3n) is 5.63. The smallest absolute Gasteiger partial charge is 0.328 e. The van der Waals surface area contributed by atoms with Gasteiger partial charge in [0.15, 0.2) is 6.04 Å². The number of hydrogen-bond acceptors (Lipinski definition) is 5. The highest BCUT2D eigenvalue weighted by Gasteiger charge is 2.46. The molecule has 2 aliphatic heterocycles. The summed E-state index contributed by atoms with van der Waals surface area (Å²) in [5, 5.41) is 20.6. The van der Waals surface area contributed by atoms with E-state index in [9.17, 15) is 24.3 Å². The Bertz CT molecular complexity index is 797. The Morgan fingerprint density at radius 3 is 2.53 bits per heavy atom. The molecule has 1 fully saturated rings. The van der Waals surface area contributed by atoms with E-state index in [2.05, 4.69) is 5.32 Å². The summed E-state index contributed by atoms with van der Waals surface area (Å²) in [6, 6.07) is 5.79. The highest BCUT2D eigenvalue weighted by molar-refractivity contribution is 6.04. The summed E-state index contributed by atoms with van der Waals surface area (Å²) < 4.78 is 0. The number of benzene rings is 1. The molecule has 9 nitrogen and oxygen atoms in total. The molecule has 0 aliphatic carbocycles. The number of nitrogens with zero attached hydrogens (tertiary/aromatic N) is 2. The standard InChI is InChI=1S/C21H27N3O6/c1-13(25)18(20(28)29)22-17(26)9-3-2-6-10-23-19(27)16-11-14-7-4-5-8-15(14)12-24(16)21(23)30/h4-5,7-8,13,16,18,25H,2-3,6,9-12H2,1H3,(H,22,26)(H,28,29)/t13-,16-,18-/m1/s1. The summed E-state index contributed by atoms with van der Waals surface area (Å²) >= 11 is 0. The molecule has 2 heterocycles. The first kappa shape index (κ1) is 21.8. The number of unbranched alkanes of at least 4 members (excludes halogenated alkanes) is 2. The van der Waals surface area contributed by atoms with Crippen LogP contribution < -0.4 is 5.32 Å². The highest BCUT2D eigenvalue weighted by atomic mass is 16.4. The molecule has 1 saturated heterocycles. The Morgan fingerprint density at radius 1 is 1.17 bits per heavy atom. The number of aliphatic hydroxyl groups is 1. The van der Waals surface area contributed by atoms with Crippen LogP contribution in [0.25, 0.3) is 0 Å². The van der Waals surface area contributed by atoms with Crippen LogP contribution in [-0.2, 0) is 27.3 Å². The summed E-state index contributed by atoms with van der Waals surface area (Å²) in [5.41, 5.74) is 2.17. The SMILES string of the molecule is C[C@@H](O)[C@@H](NC(=O)CCCCCN1C(=O)[C@H]2Cc3ccccc3CN2C1=O)C(=O)O. The number of fused-ring (bicyclic) bond motifs is 2. The molecule has 9 heteroatoms. The van der Waals surface area contributed by atoms with E-state index in [0.717, 1.165) is 11.1 Å². The predicted molar refractivity (Wildman–Crippen MR) is 106 cm³/mol. The number of aliphatic carboxylic acids is 1. The molecule has 0 unspecified atom stereocenters. The zero-order valence-electron chi connectivity index (χ0n) is 16.9. The lowest BCUT2D eigenvalue weighted by Crippen LogP contribution is -2.47. The second-order valence-electron chi connectivity index (χ2n) is 7.82. The number of nitrogens with one attached hydrogen (secondary N) is 1. The van der Waals surface area contributed by atoms with E-state index in [1.807, 2.05) is 24.3 Å². The molecule has 162 valence electrons. The van der Waals surface area contributed by atoms with Crippen LogP contribution >= 0.6 is 0 Å². The van der Waals surface area contributed by atoms with Crippen molar-refractivity contribution in [3.8, 4) is 0 Å². The normalized spacial score (nSPS) is 19.9. The van der Waals surface area contributed by atoms with Gasteiger partial charge in [0.25, 0.3) is 5.91 Å². The second-order valence-corrected chi connectivity index (χ2v) is 7.82. The van der Waals surface area contributed by atoms with Gasteiger partial charge in [-0.2, -0.15) is 0 Å². The van der Waals surface area contributed by atoms with Crippen LogP contribution in [0, 0.1) is 0 Å². The van der Waals surface area contributed by atoms with Crippen molar-refractivity contribution in [2.75, 3.05) is 6.54 Å². The van der Waals surface area contributed by atoms with Gasteiger partial charge in [-0.3, -0.25) is 14.5 Å². The Hall–Kier alpha value is -2.94. The summed E-state index contributed by atoms with van der Waals surface area (Å²) in [7, 11) is 0. The fourth-order valence-electron chi connectivity index (χ4n) is 3.95. The summed E-state index contributed by atoms with van der Waals surface area (Å²) in [6.07, 6.45) is 1.13. The Morgan fingerprint density at radius 2 is 1.87 bits per heavy atom. The van der Waals surface area contributed by atoms with E-state index in [-0.39, 0.29) is 18.4 Å². The van der Waals surface area contributed by atoms with Gasteiger partial charge in [-0.05, 0) is 30.9 Å². The van der Waals surface area contributed by atoms with Gasteiger partial charge >= 0.3 is 12.0 Å². The number of rotatable bonds is 9. The Kier molecular flexibility index (Phi) is 6.71. The molecule has 0 saturated carbocycles. The maximum atomic E-state index is 12.7. The lowest BCUT2D eigenvalue weighted by atomic mass is 9.95. The van der Waals surface area contributed by atoms with Crippen molar-refractivity contribution < 1.29 is 29.4 Å². The summed E-state index contributed by atoms with van der Waals surface area (Å²) in [6.45, 7) is 2.04. The highest BCUT2D eigenvalue weighted by Crippen LogP contribution is 2.30. The van der Waals surface area contributed by atoms with E-state index in [1.165, 1.54) is 11.8 Å². The van der Waals surface area contributed by atoms with E-state index in [0.29, 0.717) is 38.8 Å². The Balaban J connectivity index is 1.43. The molecule has 0 aromatic heterocycles. The fourth-order valence-corrected chi connectivity index (χ4v) is 3.95. The number of carboxylic acids is 1. The topological polar surface area (TPSA) is 127 Å². The van der Waals surface area contributed by atoms with Crippen molar-refractivity contribution >= 4 is 23.8 Å². The maximum absolute atomic E-state index is 12.7. The average molecular weight is 417 g/mol. The van der Waals surface area contributed by atoms with Gasteiger partial charge in [-0.25, -0.2) is 9.59 Å². The molecule has 1 aromatic carbocycles. The van der Waals surface area contributed by atoms with Gasteiger partial charge in [0.1, 0.15) is 6.04 Å². The van der Waals surface area contributed by atoms with Crippen LogP contribution in [0.5, 0.6) is 0 Å². The first-order valence-corrected chi connectivity index (χ1v) is 10.2. The maximum Gasteiger partial charge on any atom is 0.328 e. The minimum Gasteiger partial charge on any atom is -0.480 e. The van der Waals surface area contributed by atoms with Crippen molar-refractivity contribution in [3.63, 3.8) is 0 Å². The van der Waals surface area contributed by atoms with E-state index < -0.39 is 30.1 Å². The second kappa shape index (κ2) is 9.25. The number of amides is 4. The van der Waals surface area contributed by atoms with E-state index in [1.54, 1.807) is 4.90 Å². The molecule has 0 spiro atoms. The number of carbonyl (C=O) groups is 4. The number of carboxylic acid groups (broad SMARTS) is 1. The number of aliphatic hydroxyl groups excluding tert-OH is 1. The predicted octanol–water partition coefficient (Wildman–Crippen LogP) is 0.886. The zero-order chi connectivity index (χ0) is 21.8. The summed E-state index contributed by atoms with van der Waals surface area (Å²) in [5.74, 6) is -1.91. The molecule has 0 bridgehead atoms. The fraction of sp³-hybridized carbons (Fsp3) is 0.524. The Labute approximate surface area is 174 Å². The monoisotopic (exact) mass is 417 g/mol. The van der Waals surface area contributed by atoms with Crippen molar-refractivity contribution in [2.24, 2.45) is 0 Å². The third-order valence-corrected chi connectivity index (χ3v) is 5.63. The van der Waals surface area contributed by atoms with Gasteiger partial charge in [0, 0.05) is 25.9 Å². The zero-order valence-corrected chi connectivity index (χ0v) is 16.9. The average Bonchev–Trinajstić information content (AvgIpc) is 2.93. The third kappa shape index (κ3) is 4.62. The van der Waals surface area contributed by atoms with Gasteiger partial charge in [-0.15, -0.1) is 0 Å². The van der Waals surface area contributed by atoms with Crippen molar-refractivity contribution in [1.29, 1.82) is 0 Å².